The number of nitrogens with one attached hydrogen (secondary N) is 2. The third-order valence-corrected chi connectivity index (χ3v) is 6.01. The van der Waals surface area contributed by atoms with Crippen LogP contribution in [0, 0.1) is 11.8 Å². The summed E-state index contributed by atoms with van der Waals surface area (Å²) < 4.78 is 5.89. The van der Waals surface area contributed by atoms with Gasteiger partial charge in [-0.3, -0.25) is 9.59 Å². The summed E-state index contributed by atoms with van der Waals surface area (Å²) >= 11 is 0. The molecule has 0 saturated heterocycles. The number of hydrogen-bond acceptors (Lipinski definition) is 3. The van der Waals surface area contributed by atoms with Crippen molar-refractivity contribution in [3.8, 4) is 5.75 Å². The molecule has 29 heavy (non-hydrogen) atoms. The summed E-state index contributed by atoms with van der Waals surface area (Å²) in [5.41, 5.74) is 2.54. The molecule has 152 valence electrons. The molecule has 2 amide bonds. The molecule has 0 bridgehead atoms. The van der Waals surface area contributed by atoms with Gasteiger partial charge in [0, 0.05) is 24.2 Å². The summed E-state index contributed by atoms with van der Waals surface area (Å²) in [6.45, 7) is 1.49. The Hall–Kier alpha value is -2.82. The Balaban J connectivity index is 1.20. The van der Waals surface area contributed by atoms with Gasteiger partial charge in [0.05, 0.1) is 6.61 Å². The van der Waals surface area contributed by atoms with E-state index in [1.807, 2.05) is 42.5 Å². The van der Waals surface area contributed by atoms with Gasteiger partial charge < -0.3 is 15.4 Å². The number of carbonyl (C=O) groups is 2. The molecule has 2 aromatic rings. The minimum atomic E-state index is -0.0285. The summed E-state index contributed by atoms with van der Waals surface area (Å²) in [4.78, 5) is 24.0. The summed E-state index contributed by atoms with van der Waals surface area (Å²) in [6, 6.07) is 15.5. The van der Waals surface area contributed by atoms with Crippen molar-refractivity contribution < 1.29 is 14.3 Å². The quantitative estimate of drug-likeness (QED) is 0.775. The molecular weight excluding hydrogens is 364 g/mol. The average Bonchev–Trinajstić information content (AvgIpc) is 2.77. The van der Waals surface area contributed by atoms with Crippen LogP contribution in [0.15, 0.2) is 48.5 Å². The largest absolute Gasteiger partial charge is 0.493 e. The highest BCUT2D eigenvalue weighted by Crippen LogP contribution is 2.29. The van der Waals surface area contributed by atoms with Gasteiger partial charge in [-0.25, -0.2) is 0 Å². The number of benzene rings is 2. The van der Waals surface area contributed by atoms with Crippen LogP contribution in [-0.2, 0) is 11.2 Å². The van der Waals surface area contributed by atoms with E-state index in [-0.39, 0.29) is 11.8 Å². The third kappa shape index (κ3) is 5.17. The normalized spacial score (nSPS) is 21.0. The Morgan fingerprint density at radius 3 is 2.55 bits per heavy atom. The number of aryl methyl sites for hydroxylation is 1. The highest BCUT2D eigenvalue weighted by Gasteiger charge is 2.23. The van der Waals surface area contributed by atoms with Crippen LogP contribution < -0.4 is 15.4 Å². The molecular formula is C24H28N2O3. The van der Waals surface area contributed by atoms with E-state index in [2.05, 4.69) is 10.6 Å². The Morgan fingerprint density at radius 1 is 1.00 bits per heavy atom. The molecule has 0 unspecified atom stereocenters. The van der Waals surface area contributed by atoms with E-state index in [0.29, 0.717) is 30.2 Å². The van der Waals surface area contributed by atoms with Crippen LogP contribution in [0.4, 0.5) is 5.69 Å². The van der Waals surface area contributed by atoms with Crippen molar-refractivity contribution >= 4 is 17.5 Å². The van der Waals surface area contributed by atoms with Crippen LogP contribution in [-0.4, -0.2) is 25.0 Å². The van der Waals surface area contributed by atoms with Gasteiger partial charge in [-0.15, -0.1) is 0 Å². The zero-order valence-electron chi connectivity index (χ0n) is 16.7. The lowest BCUT2D eigenvalue weighted by Crippen LogP contribution is -2.32. The first-order valence-corrected chi connectivity index (χ1v) is 10.6. The van der Waals surface area contributed by atoms with Gasteiger partial charge >= 0.3 is 0 Å². The average molecular weight is 392 g/mol. The van der Waals surface area contributed by atoms with E-state index < -0.39 is 0 Å². The van der Waals surface area contributed by atoms with Crippen molar-refractivity contribution in [2.24, 2.45) is 11.8 Å². The number of para-hydroxylation sites is 1. The standard InChI is InChI=1S/C24H28N2O3/c27-23-13-11-19-14-20(10-12-22(19)26-23)24(28)25-15-17-6-8-18(9-7-17)16-29-21-4-2-1-3-5-21/h1-5,10,12,14,17-18H,6-9,11,13,15-16H2,(H,25,28)(H,26,27). The molecule has 1 heterocycles. The van der Waals surface area contributed by atoms with Crippen LogP contribution in [0.1, 0.15) is 48.0 Å². The van der Waals surface area contributed by atoms with Crippen LogP contribution in [0.25, 0.3) is 0 Å². The topological polar surface area (TPSA) is 67.4 Å². The molecule has 0 radical (unpaired) electrons. The second kappa shape index (κ2) is 9.12. The lowest BCUT2D eigenvalue weighted by atomic mass is 9.82. The first kappa shape index (κ1) is 19.5. The molecule has 5 heteroatoms. The fourth-order valence-corrected chi connectivity index (χ4v) is 4.20. The minimum absolute atomic E-state index is 0.0285. The van der Waals surface area contributed by atoms with E-state index >= 15 is 0 Å². The molecule has 0 aromatic heterocycles. The van der Waals surface area contributed by atoms with E-state index in [0.717, 1.165) is 55.8 Å². The van der Waals surface area contributed by atoms with Crippen molar-refractivity contribution in [3.05, 3.63) is 59.7 Å². The van der Waals surface area contributed by atoms with Crippen LogP contribution in [0.2, 0.25) is 0 Å². The van der Waals surface area contributed by atoms with Gasteiger partial charge in [0.1, 0.15) is 5.75 Å². The Labute approximate surface area is 171 Å². The Bertz CT molecular complexity index is 858. The number of anilines is 1. The van der Waals surface area contributed by atoms with Gasteiger partial charge in [0.2, 0.25) is 5.91 Å². The molecule has 2 aromatic carbocycles. The molecule has 2 aliphatic rings. The van der Waals surface area contributed by atoms with E-state index in [1.54, 1.807) is 6.07 Å². The lowest BCUT2D eigenvalue weighted by molar-refractivity contribution is -0.116. The molecule has 0 atom stereocenters. The maximum Gasteiger partial charge on any atom is 0.251 e. The van der Waals surface area contributed by atoms with Gasteiger partial charge in [-0.1, -0.05) is 18.2 Å². The van der Waals surface area contributed by atoms with Crippen molar-refractivity contribution in [1.82, 2.24) is 5.32 Å². The number of amides is 2. The van der Waals surface area contributed by atoms with E-state index in [4.69, 9.17) is 4.74 Å². The second-order valence-corrected chi connectivity index (χ2v) is 8.14. The summed E-state index contributed by atoms with van der Waals surface area (Å²) in [5.74, 6) is 2.08. The molecule has 0 spiro atoms. The van der Waals surface area contributed by atoms with Crippen LogP contribution >= 0.6 is 0 Å². The molecule has 1 aliphatic carbocycles. The molecule has 1 fully saturated rings. The van der Waals surface area contributed by atoms with Crippen molar-refractivity contribution in [3.63, 3.8) is 0 Å². The predicted octanol–water partition coefficient (Wildman–Crippen LogP) is 4.19. The lowest BCUT2D eigenvalue weighted by Gasteiger charge is -2.28. The molecule has 2 N–H and O–H groups in total. The third-order valence-electron chi connectivity index (χ3n) is 6.01. The molecule has 1 saturated carbocycles. The van der Waals surface area contributed by atoms with Crippen molar-refractivity contribution in [2.75, 3.05) is 18.5 Å². The maximum atomic E-state index is 12.5. The Kier molecular flexibility index (Phi) is 6.13. The summed E-state index contributed by atoms with van der Waals surface area (Å²) in [6.07, 6.45) is 5.71. The van der Waals surface area contributed by atoms with E-state index in [9.17, 15) is 9.59 Å². The highest BCUT2D eigenvalue weighted by atomic mass is 16.5. The number of hydrogen-bond donors (Lipinski definition) is 2. The summed E-state index contributed by atoms with van der Waals surface area (Å²) in [5, 5.41) is 5.95. The van der Waals surface area contributed by atoms with Crippen molar-refractivity contribution in [2.45, 2.75) is 38.5 Å². The predicted molar refractivity (Wildman–Crippen MR) is 113 cm³/mol. The number of ether oxygens (including phenoxy) is 1. The second-order valence-electron chi connectivity index (χ2n) is 8.14. The molecule has 1 aliphatic heterocycles. The van der Waals surface area contributed by atoms with Gasteiger partial charge in [-0.05, 0) is 79.8 Å². The van der Waals surface area contributed by atoms with E-state index in [1.165, 1.54) is 0 Å². The zero-order chi connectivity index (χ0) is 20.1. The minimum Gasteiger partial charge on any atom is -0.493 e. The SMILES string of the molecule is O=C1CCc2cc(C(=O)NCC3CCC(COc4ccccc4)CC3)ccc2N1. The first-order chi connectivity index (χ1) is 14.2. The maximum absolute atomic E-state index is 12.5. The van der Waals surface area contributed by atoms with Crippen LogP contribution in [0.5, 0.6) is 5.75 Å². The molecule has 4 rings (SSSR count). The highest BCUT2D eigenvalue weighted by molar-refractivity contribution is 5.97. The van der Waals surface area contributed by atoms with Crippen molar-refractivity contribution in [1.29, 1.82) is 0 Å². The Morgan fingerprint density at radius 2 is 1.76 bits per heavy atom. The monoisotopic (exact) mass is 392 g/mol. The number of carbonyl (C=O) groups excluding carboxylic acids is 2. The van der Waals surface area contributed by atoms with Gasteiger partial charge in [0.15, 0.2) is 0 Å². The van der Waals surface area contributed by atoms with Crippen LogP contribution in [0.3, 0.4) is 0 Å². The number of fused-ring (bicyclic) bond motifs is 1. The first-order valence-electron chi connectivity index (χ1n) is 10.6. The smallest absolute Gasteiger partial charge is 0.251 e. The van der Waals surface area contributed by atoms with Gasteiger partial charge in [-0.2, -0.15) is 0 Å². The van der Waals surface area contributed by atoms with Gasteiger partial charge in [0.25, 0.3) is 5.91 Å². The summed E-state index contributed by atoms with van der Waals surface area (Å²) in [7, 11) is 0. The molecule has 5 nitrogen and oxygen atoms in total. The fraction of sp³-hybridized carbons (Fsp3) is 0.417. The number of rotatable bonds is 6. The fourth-order valence-electron chi connectivity index (χ4n) is 4.20. The zero-order valence-corrected chi connectivity index (χ0v) is 16.7.